The predicted octanol–water partition coefficient (Wildman–Crippen LogP) is 4.51. The minimum Gasteiger partial charge on any atom is -0.318 e. The molecule has 6 nitrogen and oxygen atoms in total. The second-order valence-electron chi connectivity index (χ2n) is 8.74. The number of urea groups is 1. The average molecular weight is 420 g/mol. The highest BCUT2D eigenvalue weighted by Crippen LogP contribution is 2.29. The van der Waals surface area contributed by atoms with Crippen molar-refractivity contribution in [2.45, 2.75) is 65.8 Å². The molecule has 1 saturated heterocycles. The Balaban J connectivity index is 1.74. The summed E-state index contributed by atoms with van der Waals surface area (Å²) in [6.45, 7) is 8.12. The van der Waals surface area contributed by atoms with Gasteiger partial charge in [-0.25, -0.2) is 4.79 Å². The van der Waals surface area contributed by atoms with E-state index >= 15 is 0 Å². The van der Waals surface area contributed by atoms with Gasteiger partial charge in [-0.1, -0.05) is 31.4 Å². The van der Waals surface area contributed by atoms with Crippen molar-refractivity contribution in [3.05, 3.63) is 57.9 Å². The number of aromatic nitrogens is 1. The molecule has 0 spiro atoms. The first kappa shape index (κ1) is 21.1. The molecule has 1 N–H and O–H groups in total. The second kappa shape index (κ2) is 8.17. The van der Waals surface area contributed by atoms with E-state index in [2.05, 4.69) is 41.9 Å². The molecule has 2 fully saturated rings. The summed E-state index contributed by atoms with van der Waals surface area (Å²) in [5.41, 5.74) is 6.17. The van der Waals surface area contributed by atoms with Crippen molar-refractivity contribution in [3.8, 4) is 5.69 Å². The topological polar surface area (TPSA) is 71.4 Å². The van der Waals surface area contributed by atoms with Gasteiger partial charge in [-0.3, -0.25) is 19.8 Å². The highest BCUT2D eigenvalue weighted by Gasteiger charge is 2.40. The lowest BCUT2D eigenvalue weighted by Crippen LogP contribution is -2.58. The first-order valence-corrected chi connectivity index (χ1v) is 10.9. The smallest absolute Gasteiger partial charge is 0.318 e. The Labute approximate surface area is 182 Å². The molecule has 0 bridgehead atoms. The molecular formula is C25H29N3O3. The van der Waals surface area contributed by atoms with E-state index in [1.807, 2.05) is 19.9 Å². The average Bonchev–Trinajstić information content (AvgIpc) is 3.00. The summed E-state index contributed by atoms with van der Waals surface area (Å²) in [7, 11) is 0. The summed E-state index contributed by atoms with van der Waals surface area (Å²) in [5.74, 6) is -1.12. The lowest BCUT2D eigenvalue weighted by atomic mass is 9.93. The number of carbonyl (C=O) groups excluding carboxylic acids is 3. The lowest BCUT2D eigenvalue weighted by Gasteiger charge is -2.35. The standard InChI is InChI=1S/C25H29N3O3/c1-15-10-11-16(2)22(12-15)27-17(3)13-19(18(27)4)14-21-23(29)26-25(31)28(24(21)30)20-8-6-5-7-9-20/h10-14,20H,5-9H2,1-4H3,(H,26,29,31). The van der Waals surface area contributed by atoms with Crippen LogP contribution in [-0.2, 0) is 9.59 Å². The molecule has 2 aliphatic rings. The fourth-order valence-electron chi connectivity index (χ4n) is 4.76. The van der Waals surface area contributed by atoms with Gasteiger partial charge in [0, 0.05) is 23.1 Å². The fourth-order valence-corrected chi connectivity index (χ4v) is 4.76. The molecule has 1 aromatic heterocycles. The molecule has 6 heteroatoms. The number of rotatable bonds is 3. The maximum absolute atomic E-state index is 13.2. The summed E-state index contributed by atoms with van der Waals surface area (Å²) >= 11 is 0. The van der Waals surface area contributed by atoms with Gasteiger partial charge in [0.1, 0.15) is 5.57 Å². The lowest BCUT2D eigenvalue weighted by molar-refractivity contribution is -0.132. The summed E-state index contributed by atoms with van der Waals surface area (Å²) in [6, 6.07) is 7.55. The zero-order chi connectivity index (χ0) is 22.3. The van der Waals surface area contributed by atoms with Crippen LogP contribution in [0.5, 0.6) is 0 Å². The molecule has 31 heavy (non-hydrogen) atoms. The first-order valence-electron chi connectivity index (χ1n) is 10.9. The Kier molecular flexibility index (Phi) is 5.56. The van der Waals surface area contributed by atoms with Gasteiger partial charge in [0.2, 0.25) is 0 Å². The third-order valence-electron chi connectivity index (χ3n) is 6.45. The number of nitrogens with one attached hydrogen (secondary N) is 1. The van der Waals surface area contributed by atoms with Gasteiger partial charge in [-0.05, 0) is 75.4 Å². The number of hydrogen-bond acceptors (Lipinski definition) is 3. The van der Waals surface area contributed by atoms with E-state index < -0.39 is 17.8 Å². The normalized spacial score (nSPS) is 19.3. The summed E-state index contributed by atoms with van der Waals surface area (Å²) < 4.78 is 2.14. The van der Waals surface area contributed by atoms with Crippen molar-refractivity contribution in [1.29, 1.82) is 0 Å². The van der Waals surface area contributed by atoms with Crippen LogP contribution in [0.3, 0.4) is 0 Å². The van der Waals surface area contributed by atoms with E-state index in [0.717, 1.165) is 65.9 Å². The number of hydrogen-bond donors (Lipinski definition) is 1. The van der Waals surface area contributed by atoms with Crippen LogP contribution in [0.2, 0.25) is 0 Å². The zero-order valence-corrected chi connectivity index (χ0v) is 18.6. The van der Waals surface area contributed by atoms with E-state index in [-0.39, 0.29) is 11.6 Å². The van der Waals surface area contributed by atoms with E-state index in [9.17, 15) is 14.4 Å². The molecule has 1 saturated carbocycles. The zero-order valence-electron chi connectivity index (χ0n) is 18.6. The monoisotopic (exact) mass is 419 g/mol. The van der Waals surface area contributed by atoms with Crippen LogP contribution < -0.4 is 5.32 Å². The van der Waals surface area contributed by atoms with E-state index in [1.165, 1.54) is 4.90 Å². The van der Waals surface area contributed by atoms with Crippen LogP contribution in [0.4, 0.5) is 4.79 Å². The molecule has 4 amide bonds. The minimum absolute atomic E-state index is 0.0198. The quantitative estimate of drug-likeness (QED) is 0.588. The Morgan fingerprint density at radius 2 is 1.68 bits per heavy atom. The molecular weight excluding hydrogens is 390 g/mol. The maximum Gasteiger partial charge on any atom is 0.331 e. The molecule has 0 radical (unpaired) electrons. The number of amides is 4. The molecule has 1 aliphatic carbocycles. The Hall–Kier alpha value is -3.15. The Morgan fingerprint density at radius 3 is 2.39 bits per heavy atom. The van der Waals surface area contributed by atoms with Crippen molar-refractivity contribution in [2.24, 2.45) is 0 Å². The van der Waals surface area contributed by atoms with Crippen LogP contribution in [0.15, 0.2) is 29.8 Å². The molecule has 2 heterocycles. The molecule has 2 aromatic rings. The molecule has 4 rings (SSSR count). The van der Waals surface area contributed by atoms with Crippen molar-refractivity contribution >= 4 is 23.9 Å². The summed E-state index contributed by atoms with van der Waals surface area (Å²) in [6.07, 6.45) is 6.32. The Bertz CT molecular complexity index is 1100. The van der Waals surface area contributed by atoms with Gasteiger partial charge in [0.25, 0.3) is 11.8 Å². The molecule has 0 unspecified atom stereocenters. The van der Waals surface area contributed by atoms with Gasteiger partial charge in [-0.15, -0.1) is 0 Å². The first-order chi connectivity index (χ1) is 14.8. The van der Waals surface area contributed by atoms with E-state index in [1.54, 1.807) is 6.08 Å². The van der Waals surface area contributed by atoms with Gasteiger partial charge in [0.05, 0.1) is 0 Å². The van der Waals surface area contributed by atoms with Crippen molar-refractivity contribution in [3.63, 3.8) is 0 Å². The van der Waals surface area contributed by atoms with Gasteiger partial charge >= 0.3 is 6.03 Å². The molecule has 0 atom stereocenters. The number of benzene rings is 1. The van der Waals surface area contributed by atoms with Gasteiger partial charge in [-0.2, -0.15) is 0 Å². The van der Waals surface area contributed by atoms with Crippen molar-refractivity contribution in [2.75, 3.05) is 0 Å². The van der Waals surface area contributed by atoms with E-state index in [0.29, 0.717) is 0 Å². The molecule has 1 aliphatic heterocycles. The summed E-state index contributed by atoms with van der Waals surface area (Å²) in [4.78, 5) is 39.4. The third-order valence-corrected chi connectivity index (χ3v) is 6.45. The fraction of sp³-hybridized carbons (Fsp3) is 0.400. The number of imide groups is 2. The van der Waals surface area contributed by atoms with Crippen molar-refractivity contribution < 1.29 is 14.4 Å². The van der Waals surface area contributed by atoms with E-state index in [4.69, 9.17) is 0 Å². The number of aryl methyl sites for hydroxylation is 3. The van der Waals surface area contributed by atoms with Gasteiger partial charge < -0.3 is 4.57 Å². The number of barbiturate groups is 1. The molecule has 162 valence electrons. The second-order valence-corrected chi connectivity index (χ2v) is 8.74. The van der Waals surface area contributed by atoms with Crippen LogP contribution in [0.25, 0.3) is 11.8 Å². The SMILES string of the molecule is Cc1ccc(C)c(-n2c(C)cc(C=C3C(=O)NC(=O)N(C4CCCCC4)C3=O)c2C)c1. The Morgan fingerprint density at radius 1 is 0.968 bits per heavy atom. The minimum atomic E-state index is -0.626. The largest absolute Gasteiger partial charge is 0.331 e. The number of carbonyl (C=O) groups is 3. The molecule has 1 aromatic carbocycles. The van der Waals surface area contributed by atoms with Gasteiger partial charge in [0.15, 0.2) is 0 Å². The maximum atomic E-state index is 13.2. The predicted molar refractivity (Wildman–Crippen MR) is 120 cm³/mol. The van der Waals surface area contributed by atoms with Crippen LogP contribution in [0.1, 0.15) is 60.2 Å². The number of nitrogens with zero attached hydrogens (tertiary/aromatic N) is 2. The highest BCUT2D eigenvalue weighted by molar-refractivity contribution is 6.31. The van der Waals surface area contributed by atoms with Crippen LogP contribution >= 0.6 is 0 Å². The van der Waals surface area contributed by atoms with Crippen molar-refractivity contribution in [1.82, 2.24) is 14.8 Å². The summed E-state index contributed by atoms with van der Waals surface area (Å²) in [5, 5.41) is 2.37. The highest BCUT2D eigenvalue weighted by atomic mass is 16.2. The van der Waals surface area contributed by atoms with Crippen LogP contribution in [-0.4, -0.2) is 33.4 Å². The third kappa shape index (κ3) is 3.82. The van der Waals surface area contributed by atoms with Crippen LogP contribution in [0, 0.1) is 27.7 Å².